The summed E-state index contributed by atoms with van der Waals surface area (Å²) in [4.78, 5) is 52.0. The summed E-state index contributed by atoms with van der Waals surface area (Å²) in [6, 6.07) is 13.9. The fraction of sp³-hybridized carbons (Fsp3) is 0.529. The summed E-state index contributed by atoms with van der Waals surface area (Å²) in [6.45, 7) is 14.4. The molecule has 0 fully saturated rings. The Morgan fingerprint density at radius 2 is 1.30 bits per heavy atom. The van der Waals surface area contributed by atoms with E-state index in [-0.39, 0.29) is 31.3 Å². The highest BCUT2D eigenvalue weighted by atomic mass is 16.6. The van der Waals surface area contributed by atoms with Gasteiger partial charge in [-0.05, 0) is 82.6 Å². The first-order valence-electron chi connectivity index (χ1n) is 14.9. The van der Waals surface area contributed by atoms with Gasteiger partial charge in [-0.3, -0.25) is 9.59 Å². The molecule has 0 spiro atoms. The van der Waals surface area contributed by atoms with Crippen LogP contribution in [0.2, 0.25) is 0 Å². The first-order chi connectivity index (χ1) is 20.0. The molecule has 3 rings (SSSR count). The summed E-state index contributed by atoms with van der Waals surface area (Å²) in [5, 5.41) is 5.36. The van der Waals surface area contributed by atoms with Crippen molar-refractivity contribution in [2.24, 2.45) is 5.92 Å². The Bertz CT molecular complexity index is 1260. The molecular formula is C34H46N2O7. The van der Waals surface area contributed by atoms with Gasteiger partial charge in [-0.25, -0.2) is 9.59 Å². The second kappa shape index (κ2) is 14.1. The molecule has 1 aliphatic rings. The van der Waals surface area contributed by atoms with E-state index in [0.717, 1.165) is 22.3 Å². The molecule has 0 heterocycles. The number of hydrogen-bond acceptors (Lipinski definition) is 7. The van der Waals surface area contributed by atoms with Crippen LogP contribution in [-0.2, 0) is 28.6 Å². The molecule has 0 aromatic heterocycles. The third kappa shape index (κ3) is 10.1. The van der Waals surface area contributed by atoms with E-state index in [1.165, 1.54) is 0 Å². The lowest BCUT2D eigenvalue weighted by Gasteiger charge is -2.27. The first kappa shape index (κ1) is 33.6. The van der Waals surface area contributed by atoms with Gasteiger partial charge in [-0.1, -0.05) is 62.4 Å². The lowest BCUT2D eigenvalue weighted by Crippen LogP contribution is -2.53. The zero-order chi connectivity index (χ0) is 31.9. The van der Waals surface area contributed by atoms with E-state index in [4.69, 9.17) is 14.2 Å². The van der Waals surface area contributed by atoms with Crippen LogP contribution in [0.25, 0.3) is 11.1 Å². The number of carbonyl (C=O) groups is 4. The molecule has 2 aromatic rings. The van der Waals surface area contributed by atoms with Crippen molar-refractivity contribution in [2.75, 3.05) is 6.61 Å². The number of ether oxygens (including phenoxy) is 3. The van der Waals surface area contributed by atoms with Gasteiger partial charge in [0, 0.05) is 12.3 Å². The highest BCUT2D eigenvalue weighted by Gasteiger charge is 2.33. The van der Waals surface area contributed by atoms with Crippen molar-refractivity contribution in [1.82, 2.24) is 10.6 Å². The number of benzene rings is 2. The van der Waals surface area contributed by atoms with Crippen molar-refractivity contribution in [3.8, 4) is 11.1 Å². The molecule has 2 atom stereocenters. The summed E-state index contributed by atoms with van der Waals surface area (Å²) in [5.41, 5.74) is 2.87. The largest absolute Gasteiger partial charge is 0.460 e. The van der Waals surface area contributed by atoms with Crippen molar-refractivity contribution in [3.63, 3.8) is 0 Å². The number of amides is 2. The van der Waals surface area contributed by atoms with E-state index in [1.807, 2.05) is 62.4 Å². The van der Waals surface area contributed by atoms with E-state index in [1.54, 1.807) is 41.5 Å². The van der Waals surface area contributed by atoms with Crippen LogP contribution in [0, 0.1) is 5.92 Å². The minimum Gasteiger partial charge on any atom is -0.460 e. The van der Waals surface area contributed by atoms with E-state index >= 15 is 0 Å². The Kier molecular flexibility index (Phi) is 11.0. The SMILES string of the molecule is CC(C)C[C@H](NC(=O)[C@H](CCC(=O)OC(C)(C)C)NC(=O)OCC1c2ccccc2-c2ccccc21)C(=O)OC(C)(C)C. The molecular weight excluding hydrogens is 548 g/mol. The Balaban J connectivity index is 1.74. The normalized spacial score (nSPS) is 14.3. The number of nitrogens with one attached hydrogen (secondary N) is 2. The maximum Gasteiger partial charge on any atom is 0.407 e. The van der Waals surface area contributed by atoms with E-state index in [2.05, 4.69) is 10.6 Å². The monoisotopic (exact) mass is 594 g/mol. The zero-order valence-corrected chi connectivity index (χ0v) is 26.6. The molecule has 0 saturated carbocycles. The van der Waals surface area contributed by atoms with Crippen LogP contribution in [0.4, 0.5) is 4.79 Å². The van der Waals surface area contributed by atoms with Gasteiger partial charge in [-0.2, -0.15) is 0 Å². The van der Waals surface area contributed by atoms with Crippen LogP contribution >= 0.6 is 0 Å². The number of carbonyl (C=O) groups excluding carboxylic acids is 4. The number of esters is 2. The summed E-state index contributed by atoms with van der Waals surface area (Å²) in [7, 11) is 0. The quantitative estimate of drug-likeness (QED) is 0.246. The molecule has 1 aliphatic carbocycles. The predicted molar refractivity (Wildman–Crippen MR) is 164 cm³/mol. The second-order valence-electron chi connectivity index (χ2n) is 13.4. The van der Waals surface area contributed by atoms with Crippen molar-refractivity contribution >= 4 is 23.9 Å². The van der Waals surface area contributed by atoms with Crippen molar-refractivity contribution < 1.29 is 33.4 Å². The molecule has 234 valence electrons. The predicted octanol–water partition coefficient (Wildman–Crippen LogP) is 5.89. The molecule has 2 N–H and O–H groups in total. The van der Waals surface area contributed by atoms with E-state index < -0.39 is 47.2 Å². The van der Waals surface area contributed by atoms with E-state index in [0.29, 0.717) is 6.42 Å². The topological polar surface area (TPSA) is 120 Å². The smallest absolute Gasteiger partial charge is 0.407 e. The first-order valence-corrected chi connectivity index (χ1v) is 14.9. The number of fused-ring (bicyclic) bond motifs is 3. The van der Waals surface area contributed by atoms with Crippen molar-refractivity contribution in [3.05, 3.63) is 59.7 Å². The third-order valence-electron chi connectivity index (χ3n) is 6.72. The van der Waals surface area contributed by atoms with Gasteiger partial charge in [0.1, 0.15) is 29.9 Å². The molecule has 43 heavy (non-hydrogen) atoms. The summed E-state index contributed by atoms with van der Waals surface area (Å²) >= 11 is 0. The lowest BCUT2D eigenvalue weighted by molar-refractivity contribution is -0.159. The van der Waals surface area contributed by atoms with Gasteiger partial charge in [0.05, 0.1) is 0 Å². The molecule has 0 unspecified atom stereocenters. The van der Waals surface area contributed by atoms with Crippen LogP contribution in [-0.4, -0.2) is 53.8 Å². The van der Waals surface area contributed by atoms with Gasteiger partial charge in [0.15, 0.2) is 0 Å². The number of alkyl carbamates (subject to hydrolysis) is 1. The highest BCUT2D eigenvalue weighted by Crippen LogP contribution is 2.44. The van der Waals surface area contributed by atoms with Crippen LogP contribution in [0.15, 0.2) is 48.5 Å². The van der Waals surface area contributed by atoms with Gasteiger partial charge in [0.2, 0.25) is 5.91 Å². The van der Waals surface area contributed by atoms with Gasteiger partial charge >= 0.3 is 18.0 Å². The van der Waals surface area contributed by atoms with Crippen molar-refractivity contribution in [2.45, 2.75) is 104 Å². The Hall–Kier alpha value is -3.88. The van der Waals surface area contributed by atoms with Crippen LogP contribution < -0.4 is 10.6 Å². The van der Waals surface area contributed by atoms with Crippen LogP contribution in [0.3, 0.4) is 0 Å². The number of hydrogen-bond donors (Lipinski definition) is 2. The molecule has 2 aromatic carbocycles. The van der Waals surface area contributed by atoms with Crippen LogP contribution in [0.5, 0.6) is 0 Å². The highest BCUT2D eigenvalue weighted by molar-refractivity contribution is 5.90. The minimum absolute atomic E-state index is 0.0480. The molecule has 9 heteroatoms. The third-order valence-corrected chi connectivity index (χ3v) is 6.72. The van der Waals surface area contributed by atoms with Gasteiger partial charge in [-0.15, -0.1) is 0 Å². The molecule has 0 radical (unpaired) electrons. The Morgan fingerprint density at radius 3 is 1.81 bits per heavy atom. The Labute approximate surface area is 255 Å². The second-order valence-corrected chi connectivity index (χ2v) is 13.4. The standard InChI is InChI=1S/C34H46N2O7/c1-21(2)19-28(31(39)43-34(6,7)8)35-30(38)27(17-18-29(37)42-33(3,4)5)36-32(40)41-20-26-24-15-11-9-13-22(24)23-14-10-12-16-25(23)26/h9-16,21,26-28H,17-20H2,1-8H3,(H,35,38)(H,36,40)/t27-,28-/m0/s1. The molecule has 0 bridgehead atoms. The van der Waals surface area contributed by atoms with Crippen molar-refractivity contribution in [1.29, 1.82) is 0 Å². The van der Waals surface area contributed by atoms with Gasteiger partial charge < -0.3 is 24.8 Å². The maximum absolute atomic E-state index is 13.5. The lowest BCUT2D eigenvalue weighted by atomic mass is 9.98. The molecule has 2 amide bonds. The van der Waals surface area contributed by atoms with Gasteiger partial charge in [0.25, 0.3) is 0 Å². The molecule has 9 nitrogen and oxygen atoms in total. The van der Waals surface area contributed by atoms with E-state index in [9.17, 15) is 19.2 Å². The average molecular weight is 595 g/mol. The fourth-order valence-corrected chi connectivity index (χ4v) is 5.04. The molecule has 0 aliphatic heterocycles. The molecule has 0 saturated heterocycles. The average Bonchev–Trinajstić information content (AvgIpc) is 3.20. The maximum atomic E-state index is 13.5. The minimum atomic E-state index is -1.15. The summed E-state index contributed by atoms with van der Waals surface area (Å²) in [5.74, 6) is -1.77. The van der Waals surface area contributed by atoms with Crippen LogP contribution in [0.1, 0.15) is 91.7 Å². The number of rotatable bonds is 11. The fourth-order valence-electron chi connectivity index (χ4n) is 5.04. The summed E-state index contributed by atoms with van der Waals surface area (Å²) in [6.07, 6.45) is -0.637. The summed E-state index contributed by atoms with van der Waals surface area (Å²) < 4.78 is 16.6. The Morgan fingerprint density at radius 1 is 0.767 bits per heavy atom. The zero-order valence-electron chi connectivity index (χ0n) is 26.6.